The van der Waals surface area contributed by atoms with Crippen molar-refractivity contribution in [2.24, 2.45) is 0 Å². The monoisotopic (exact) mass is 174 g/mol. The number of carbonyl (C=O) groups excluding carboxylic acids is 1. The molecule has 0 aliphatic rings. The zero-order valence-electron chi connectivity index (χ0n) is 7.40. The molecule has 0 bridgehead atoms. The van der Waals surface area contributed by atoms with E-state index in [0.29, 0.717) is 0 Å². The van der Waals surface area contributed by atoms with Crippen molar-refractivity contribution >= 4 is 11.5 Å². The number of benzene rings is 1. The first-order chi connectivity index (χ1) is 6.24. The highest BCUT2D eigenvalue weighted by atomic mass is 16.1. The molecule has 0 fully saturated rings. The minimum Gasteiger partial charge on any atom is -0.298 e. The molecule has 66 valence electrons. The third-order valence-electron chi connectivity index (χ3n) is 1.57. The Hall–Kier alpha value is -1.82. The van der Waals surface area contributed by atoms with Crippen LogP contribution in [0.25, 0.3) is 0 Å². The summed E-state index contributed by atoms with van der Waals surface area (Å²) in [6.45, 7) is 1.60. The minimum atomic E-state index is -0.0228. The van der Waals surface area contributed by atoms with E-state index in [4.69, 9.17) is 5.26 Å². The van der Waals surface area contributed by atoms with Crippen LogP contribution >= 0.6 is 0 Å². The van der Waals surface area contributed by atoms with E-state index in [-0.39, 0.29) is 12.3 Å². The molecule has 3 nitrogen and oxygen atoms in total. The van der Waals surface area contributed by atoms with E-state index in [2.05, 4.69) is 0 Å². The Morgan fingerprint density at radius 3 is 2.54 bits per heavy atom. The summed E-state index contributed by atoms with van der Waals surface area (Å²) in [4.78, 5) is 12.2. The molecular formula is C10H10N2O. The zero-order valence-corrected chi connectivity index (χ0v) is 7.40. The number of para-hydroxylation sites is 1. The SMILES string of the molecule is CC(=O)CN(C#N)c1ccccc1. The van der Waals surface area contributed by atoms with Gasteiger partial charge < -0.3 is 0 Å². The molecule has 0 heterocycles. The summed E-state index contributed by atoms with van der Waals surface area (Å²) < 4.78 is 0. The normalized spacial score (nSPS) is 8.92. The lowest BCUT2D eigenvalue weighted by atomic mass is 10.3. The Morgan fingerprint density at radius 2 is 2.08 bits per heavy atom. The Kier molecular flexibility index (Phi) is 3.04. The van der Waals surface area contributed by atoms with Gasteiger partial charge in [-0.3, -0.25) is 9.69 Å². The Bertz CT molecular complexity index is 327. The third kappa shape index (κ3) is 2.60. The number of nitrogens with zero attached hydrogens (tertiary/aromatic N) is 2. The summed E-state index contributed by atoms with van der Waals surface area (Å²) in [6, 6.07) is 9.13. The first kappa shape index (κ1) is 9.27. The van der Waals surface area contributed by atoms with Gasteiger partial charge in [-0.2, -0.15) is 5.26 Å². The largest absolute Gasteiger partial charge is 0.298 e. The lowest BCUT2D eigenvalue weighted by molar-refractivity contribution is -0.115. The fourth-order valence-electron chi connectivity index (χ4n) is 1.01. The van der Waals surface area contributed by atoms with Crippen molar-refractivity contribution in [2.75, 3.05) is 11.4 Å². The predicted molar refractivity (Wildman–Crippen MR) is 50.1 cm³/mol. The van der Waals surface area contributed by atoms with Gasteiger partial charge in [0.05, 0.1) is 12.2 Å². The van der Waals surface area contributed by atoms with Crippen molar-refractivity contribution in [3.8, 4) is 6.19 Å². The summed E-state index contributed by atoms with van der Waals surface area (Å²) in [5.41, 5.74) is 0.750. The third-order valence-corrected chi connectivity index (χ3v) is 1.57. The molecular weight excluding hydrogens is 164 g/mol. The van der Waals surface area contributed by atoms with Crippen LogP contribution in [0.1, 0.15) is 6.92 Å². The van der Waals surface area contributed by atoms with E-state index < -0.39 is 0 Å². The average molecular weight is 174 g/mol. The molecule has 1 aromatic rings. The molecule has 0 saturated heterocycles. The highest BCUT2D eigenvalue weighted by Gasteiger charge is 2.06. The molecule has 0 amide bonds. The van der Waals surface area contributed by atoms with Gasteiger partial charge in [0.2, 0.25) is 0 Å². The summed E-state index contributed by atoms with van der Waals surface area (Å²) >= 11 is 0. The van der Waals surface area contributed by atoms with Gasteiger partial charge in [-0.1, -0.05) is 18.2 Å². The quantitative estimate of drug-likeness (QED) is 0.516. The summed E-state index contributed by atoms with van der Waals surface area (Å²) in [7, 11) is 0. The molecule has 0 aliphatic heterocycles. The highest BCUT2D eigenvalue weighted by molar-refractivity contribution is 5.81. The maximum absolute atomic E-state index is 10.8. The first-order valence-corrected chi connectivity index (χ1v) is 3.96. The van der Waals surface area contributed by atoms with E-state index in [1.165, 1.54) is 11.8 Å². The van der Waals surface area contributed by atoms with Gasteiger partial charge >= 0.3 is 0 Å². The number of rotatable bonds is 3. The standard InChI is InChI=1S/C10H10N2O/c1-9(13)7-12(8-11)10-5-3-2-4-6-10/h2-6H,7H2,1H3. The number of hydrogen-bond donors (Lipinski definition) is 0. The van der Waals surface area contributed by atoms with Crippen LogP contribution in [0.3, 0.4) is 0 Å². The predicted octanol–water partition coefficient (Wildman–Crippen LogP) is 1.56. The fourth-order valence-corrected chi connectivity index (χ4v) is 1.01. The fraction of sp³-hybridized carbons (Fsp3) is 0.200. The second kappa shape index (κ2) is 4.27. The van der Waals surface area contributed by atoms with Crippen LogP contribution in [0.4, 0.5) is 5.69 Å². The Balaban J connectivity index is 2.80. The second-order valence-electron chi connectivity index (χ2n) is 2.72. The van der Waals surface area contributed by atoms with Crippen molar-refractivity contribution in [3.05, 3.63) is 30.3 Å². The topological polar surface area (TPSA) is 44.1 Å². The van der Waals surface area contributed by atoms with Crippen LogP contribution in [0.2, 0.25) is 0 Å². The molecule has 0 unspecified atom stereocenters. The van der Waals surface area contributed by atoms with Crippen molar-refractivity contribution in [1.82, 2.24) is 0 Å². The zero-order chi connectivity index (χ0) is 9.68. The van der Waals surface area contributed by atoms with Crippen LogP contribution in [0, 0.1) is 11.5 Å². The van der Waals surface area contributed by atoms with Gasteiger partial charge in [0.15, 0.2) is 6.19 Å². The van der Waals surface area contributed by atoms with Crippen LogP contribution in [0.5, 0.6) is 0 Å². The number of ketones is 1. The maximum atomic E-state index is 10.8. The van der Waals surface area contributed by atoms with Gasteiger partial charge in [0, 0.05) is 0 Å². The highest BCUT2D eigenvalue weighted by Crippen LogP contribution is 2.11. The van der Waals surface area contributed by atoms with Crippen LogP contribution in [-0.2, 0) is 4.79 Å². The number of hydrogen-bond acceptors (Lipinski definition) is 3. The summed E-state index contributed by atoms with van der Waals surface area (Å²) in [5, 5.41) is 8.75. The van der Waals surface area contributed by atoms with Crippen molar-refractivity contribution in [1.29, 1.82) is 5.26 Å². The van der Waals surface area contributed by atoms with E-state index in [1.807, 2.05) is 24.4 Å². The van der Waals surface area contributed by atoms with Gasteiger partial charge in [0.1, 0.15) is 5.78 Å². The molecule has 0 N–H and O–H groups in total. The van der Waals surface area contributed by atoms with Gasteiger partial charge in [0.25, 0.3) is 0 Å². The Labute approximate surface area is 77.2 Å². The van der Waals surface area contributed by atoms with Gasteiger partial charge in [-0.25, -0.2) is 0 Å². The van der Waals surface area contributed by atoms with Crippen LogP contribution in [-0.4, -0.2) is 12.3 Å². The molecule has 0 atom stereocenters. The average Bonchev–Trinajstić information content (AvgIpc) is 2.15. The number of nitriles is 1. The number of carbonyl (C=O) groups is 1. The van der Waals surface area contributed by atoms with Gasteiger partial charge in [-0.05, 0) is 19.1 Å². The second-order valence-corrected chi connectivity index (χ2v) is 2.72. The molecule has 0 aliphatic carbocycles. The van der Waals surface area contributed by atoms with Crippen molar-refractivity contribution < 1.29 is 4.79 Å². The van der Waals surface area contributed by atoms with E-state index >= 15 is 0 Å². The Morgan fingerprint density at radius 1 is 1.46 bits per heavy atom. The molecule has 13 heavy (non-hydrogen) atoms. The van der Waals surface area contributed by atoms with Crippen LogP contribution in [0.15, 0.2) is 30.3 Å². The lowest BCUT2D eigenvalue weighted by Gasteiger charge is -2.12. The molecule has 1 rings (SSSR count). The first-order valence-electron chi connectivity index (χ1n) is 3.96. The molecule has 0 spiro atoms. The molecule has 1 aromatic carbocycles. The number of Topliss-reactive ketones (excluding diaryl/α,β-unsaturated/α-hetero) is 1. The van der Waals surface area contributed by atoms with Gasteiger partial charge in [-0.15, -0.1) is 0 Å². The summed E-state index contributed by atoms with van der Waals surface area (Å²) in [6.07, 6.45) is 1.96. The maximum Gasteiger partial charge on any atom is 0.184 e. The van der Waals surface area contributed by atoms with E-state index in [0.717, 1.165) is 5.69 Å². The molecule has 0 aromatic heterocycles. The van der Waals surface area contributed by atoms with Crippen molar-refractivity contribution in [2.45, 2.75) is 6.92 Å². The minimum absolute atomic E-state index is 0.0228. The van der Waals surface area contributed by atoms with Crippen LogP contribution < -0.4 is 4.90 Å². The molecule has 0 saturated carbocycles. The van der Waals surface area contributed by atoms with E-state index in [9.17, 15) is 4.79 Å². The molecule has 3 heteroatoms. The van der Waals surface area contributed by atoms with Crippen molar-refractivity contribution in [3.63, 3.8) is 0 Å². The summed E-state index contributed by atoms with van der Waals surface area (Å²) in [5.74, 6) is -0.0228. The lowest BCUT2D eigenvalue weighted by Crippen LogP contribution is -2.22. The smallest absolute Gasteiger partial charge is 0.184 e. The molecule has 0 radical (unpaired) electrons. The van der Waals surface area contributed by atoms with E-state index in [1.54, 1.807) is 12.1 Å². The number of anilines is 1.